The number of nitrogens with one attached hydrogen (secondary N) is 1. The van der Waals surface area contributed by atoms with Crippen LogP contribution in [-0.4, -0.2) is 21.9 Å². The third-order valence-corrected chi connectivity index (χ3v) is 5.43. The van der Waals surface area contributed by atoms with Crippen molar-refractivity contribution >= 4 is 34.7 Å². The average Bonchev–Trinajstić information content (AvgIpc) is 3.39. The lowest BCUT2D eigenvalue weighted by Gasteiger charge is -2.10. The highest BCUT2D eigenvalue weighted by molar-refractivity contribution is 7.99. The van der Waals surface area contributed by atoms with Gasteiger partial charge in [-0.1, -0.05) is 66.4 Å². The molecule has 0 radical (unpaired) electrons. The van der Waals surface area contributed by atoms with Gasteiger partial charge in [-0.2, -0.15) is 0 Å². The number of carbonyl (C=O) groups is 1. The normalized spacial score (nSPS) is 10.7. The zero-order chi connectivity index (χ0) is 18.5. The molecule has 1 amide bonds. The maximum atomic E-state index is 12.4. The number of thioether (sulfide) groups is 1. The van der Waals surface area contributed by atoms with E-state index in [-0.39, 0.29) is 11.7 Å². The molecule has 0 unspecified atom stereocenters. The first-order valence-corrected chi connectivity index (χ1v) is 10.1. The van der Waals surface area contributed by atoms with Gasteiger partial charge in [0, 0.05) is 11.3 Å². The Bertz CT molecular complexity index is 1030. The summed E-state index contributed by atoms with van der Waals surface area (Å²) in [5.41, 5.74) is 2.81. The summed E-state index contributed by atoms with van der Waals surface area (Å²) < 4.78 is 5.59. The highest BCUT2D eigenvalue weighted by atomic mass is 32.2. The molecule has 0 fully saturated rings. The lowest BCUT2D eigenvalue weighted by Crippen LogP contribution is -2.14. The predicted octanol–water partition coefficient (Wildman–Crippen LogP) is 5.20. The molecular weight excluding hydrogens is 378 g/mol. The third-order valence-electron chi connectivity index (χ3n) is 3.75. The summed E-state index contributed by atoms with van der Waals surface area (Å²) in [6.07, 6.45) is 0. The van der Waals surface area contributed by atoms with Crippen molar-refractivity contribution in [2.75, 3.05) is 11.1 Å². The van der Waals surface area contributed by atoms with Crippen LogP contribution in [0.15, 0.2) is 81.8 Å². The SMILES string of the molecule is O=C(CSc1nnc(-c2cccs2)o1)Nc1ccccc1-c1ccccc1. The summed E-state index contributed by atoms with van der Waals surface area (Å²) in [4.78, 5) is 13.3. The molecule has 0 saturated carbocycles. The molecule has 0 aliphatic carbocycles. The number of aromatic nitrogens is 2. The van der Waals surface area contributed by atoms with Gasteiger partial charge < -0.3 is 9.73 Å². The van der Waals surface area contributed by atoms with Crippen molar-refractivity contribution in [2.45, 2.75) is 5.22 Å². The molecular formula is C20H15N3O2S2. The Morgan fingerprint density at radius 3 is 2.63 bits per heavy atom. The minimum absolute atomic E-state index is 0.126. The Morgan fingerprint density at radius 1 is 1.00 bits per heavy atom. The first-order chi connectivity index (χ1) is 13.3. The summed E-state index contributed by atoms with van der Waals surface area (Å²) in [7, 11) is 0. The van der Waals surface area contributed by atoms with Gasteiger partial charge in [0.1, 0.15) is 0 Å². The van der Waals surface area contributed by atoms with Crippen LogP contribution >= 0.6 is 23.1 Å². The van der Waals surface area contributed by atoms with Crippen molar-refractivity contribution in [1.29, 1.82) is 0 Å². The fourth-order valence-electron chi connectivity index (χ4n) is 2.54. The number of carbonyl (C=O) groups excluding carboxylic acids is 1. The van der Waals surface area contributed by atoms with E-state index < -0.39 is 0 Å². The van der Waals surface area contributed by atoms with Gasteiger partial charge in [0.2, 0.25) is 5.91 Å². The van der Waals surface area contributed by atoms with E-state index in [1.165, 1.54) is 23.1 Å². The van der Waals surface area contributed by atoms with Crippen LogP contribution in [0.4, 0.5) is 5.69 Å². The molecule has 2 aromatic carbocycles. The monoisotopic (exact) mass is 393 g/mol. The van der Waals surface area contributed by atoms with Crippen LogP contribution in [0, 0.1) is 0 Å². The largest absolute Gasteiger partial charge is 0.410 e. The fourth-order valence-corrected chi connectivity index (χ4v) is 3.75. The van der Waals surface area contributed by atoms with Crippen LogP contribution in [0.2, 0.25) is 0 Å². The number of hydrogen-bond acceptors (Lipinski definition) is 6. The molecule has 7 heteroatoms. The zero-order valence-corrected chi connectivity index (χ0v) is 15.8. The number of rotatable bonds is 6. The molecule has 27 heavy (non-hydrogen) atoms. The summed E-state index contributed by atoms with van der Waals surface area (Å²) in [6.45, 7) is 0. The van der Waals surface area contributed by atoms with E-state index in [4.69, 9.17) is 4.42 Å². The van der Waals surface area contributed by atoms with Gasteiger partial charge in [-0.25, -0.2) is 0 Å². The van der Waals surface area contributed by atoms with Crippen molar-refractivity contribution < 1.29 is 9.21 Å². The molecule has 0 bridgehead atoms. The van der Waals surface area contributed by atoms with Crippen molar-refractivity contribution in [3.8, 4) is 21.9 Å². The molecule has 4 aromatic rings. The van der Waals surface area contributed by atoms with Crippen molar-refractivity contribution in [1.82, 2.24) is 10.2 Å². The molecule has 5 nitrogen and oxygen atoms in total. The molecule has 4 rings (SSSR count). The van der Waals surface area contributed by atoms with E-state index in [1.54, 1.807) is 0 Å². The van der Waals surface area contributed by atoms with Crippen LogP contribution in [0.3, 0.4) is 0 Å². The van der Waals surface area contributed by atoms with Crippen LogP contribution in [0.25, 0.3) is 21.9 Å². The second-order valence-electron chi connectivity index (χ2n) is 5.60. The molecule has 1 N–H and O–H groups in total. The minimum Gasteiger partial charge on any atom is -0.410 e. The fraction of sp³-hybridized carbons (Fsp3) is 0.0500. The van der Waals surface area contributed by atoms with Crippen molar-refractivity contribution in [2.24, 2.45) is 0 Å². The maximum Gasteiger partial charge on any atom is 0.277 e. The predicted molar refractivity (Wildman–Crippen MR) is 109 cm³/mol. The molecule has 0 aliphatic heterocycles. The highest BCUT2D eigenvalue weighted by Crippen LogP contribution is 2.29. The van der Waals surface area contributed by atoms with Crippen LogP contribution in [0.5, 0.6) is 0 Å². The van der Waals surface area contributed by atoms with Crippen LogP contribution in [-0.2, 0) is 4.79 Å². The molecule has 0 aliphatic rings. The molecule has 0 spiro atoms. The second-order valence-corrected chi connectivity index (χ2v) is 7.47. The van der Waals surface area contributed by atoms with Gasteiger partial charge in [-0.3, -0.25) is 4.79 Å². The van der Waals surface area contributed by atoms with E-state index in [0.717, 1.165) is 21.7 Å². The number of amides is 1. The molecule has 0 atom stereocenters. The van der Waals surface area contributed by atoms with Crippen molar-refractivity contribution in [3.63, 3.8) is 0 Å². The number of hydrogen-bond donors (Lipinski definition) is 1. The lowest BCUT2D eigenvalue weighted by atomic mass is 10.0. The topological polar surface area (TPSA) is 68.0 Å². The standard InChI is InChI=1S/C20H15N3O2S2/c24-18(13-27-20-23-22-19(25-20)17-11-6-12-26-17)21-16-10-5-4-9-15(16)14-7-2-1-3-8-14/h1-12H,13H2,(H,21,24). The maximum absolute atomic E-state index is 12.4. The summed E-state index contributed by atoms with van der Waals surface area (Å²) in [6, 6.07) is 21.5. The number of para-hydroxylation sites is 1. The van der Waals surface area contributed by atoms with Gasteiger partial charge in [-0.15, -0.1) is 21.5 Å². The molecule has 2 heterocycles. The van der Waals surface area contributed by atoms with E-state index in [9.17, 15) is 4.79 Å². The van der Waals surface area contributed by atoms with Gasteiger partial charge >= 0.3 is 0 Å². The van der Waals surface area contributed by atoms with Crippen molar-refractivity contribution in [3.05, 3.63) is 72.1 Å². The summed E-state index contributed by atoms with van der Waals surface area (Å²) in [5, 5.41) is 13.3. The molecule has 0 saturated heterocycles. The first kappa shape index (κ1) is 17.5. The van der Waals surface area contributed by atoms with Crippen LogP contribution < -0.4 is 5.32 Å². The van der Waals surface area contributed by atoms with Gasteiger partial charge in [-0.05, 0) is 23.1 Å². The lowest BCUT2D eigenvalue weighted by molar-refractivity contribution is -0.113. The Balaban J connectivity index is 1.41. The summed E-state index contributed by atoms with van der Waals surface area (Å²) >= 11 is 2.75. The Kier molecular flexibility index (Phi) is 5.32. The third kappa shape index (κ3) is 4.27. The quantitative estimate of drug-likeness (QED) is 0.456. The summed E-state index contributed by atoms with van der Waals surface area (Å²) in [5.74, 6) is 0.538. The number of anilines is 1. The molecule has 2 aromatic heterocycles. The van der Waals surface area contributed by atoms with Crippen LogP contribution in [0.1, 0.15) is 0 Å². The van der Waals surface area contributed by atoms with E-state index in [0.29, 0.717) is 11.1 Å². The number of nitrogens with zero attached hydrogens (tertiary/aromatic N) is 2. The average molecular weight is 393 g/mol. The smallest absolute Gasteiger partial charge is 0.277 e. The number of benzene rings is 2. The minimum atomic E-state index is -0.126. The Labute approximate surface area is 164 Å². The number of thiophene rings is 1. The Hall–Kier alpha value is -2.90. The van der Waals surface area contributed by atoms with E-state index in [1.807, 2.05) is 72.1 Å². The highest BCUT2D eigenvalue weighted by Gasteiger charge is 2.13. The van der Waals surface area contributed by atoms with Gasteiger partial charge in [0.15, 0.2) is 0 Å². The Morgan fingerprint density at radius 2 is 1.81 bits per heavy atom. The van der Waals surface area contributed by atoms with E-state index in [2.05, 4.69) is 15.5 Å². The zero-order valence-electron chi connectivity index (χ0n) is 14.2. The first-order valence-electron chi connectivity index (χ1n) is 8.24. The second kappa shape index (κ2) is 8.20. The van der Waals surface area contributed by atoms with Gasteiger partial charge in [0.05, 0.1) is 10.6 Å². The molecule has 134 valence electrons. The van der Waals surface area contributed by atoms with E-state index >= 15 is 0 Å². The van der Waals surface area contributed by atoms with Gasteiger partial charge in [0.25, 0.3) is 11.1 Å².